The molecule has 35 heavy (non-hydrogen) atoms. The normalized spacial score (nSPS) is 17.0. The number of ketones is 1. The molecule has 11 heteroatoms. The van der Waals surface area contributed by atoms with E-state index in [1.165, 1.54) is 62.6 Å². The highest BCUT2D eigenvalue weighted by atomic mass is 19.4. The Balaban J connectivity index is 1.88. The number of carboxylic acids is 1. The van der Waals surface area contributed by atoms with Crippen molar-refractivity contribution in [1.29, 1.82) is 0 Å². The van der Waals surface area contributed by atoms with E-state index in [1.807, 2.05) is 0 Å². The van der Waals surface area contributed by atoms with Crippen LogP contribution in [0, 0.1) is 0 Å². The lowest BCUT2D eigenvalue weighted by Crippen LogP contribution is -2.56. The van der Waals surface area contributed by atoms with Gasteiger partial charge in [-0.3, -0.25) is 14.4 Å². The van der Waals surface area contributed by atoms with Crippen LogP contribution in [0.5, 0.6) is 0 Å². The minimum Gasteiger partial charge on any atom is -0.481 e. The maximum absolute atomic E-state index is 13.5. The van der Waals surface area contributed by atoms with E-state index in [4.69, 9.17) is 0 Å². The van der Waals surface area contributed by atoms with Gasteiger partial charge in [0.25, 0.3) is 5.91 Å². The molecule has 3 rings (SSSR count). The first-order chi connectivity index (χ1) is 16.4. The van der Waals surface area contributed by atoms with Crippen LogP contribution in [0.3, 0.4) is 0 Å². The number of carboxylic acid groups (broad SMARTS) is 1. The minimum absolute atomic E-state index is 0.107. The van der Waals surface area contributed by atoms with Crippen molar-refractivity contribution >= 4 is 23.7 Å². The first kappa shape index (κ1) is 25.5. The van der Waals surface area contributed by atoms with Crippen LogP contribution in [0.4, 0.5) is 18.0 Å². The average Bonchev–Trinajstić information content (AvgIpc) is 2.79. The van der Waals surface area contributed by atoms with Gasteiger partial charge in [-0.1, -0.05) is 36.4 Å². The number of Topliss-reactive ketones (excluding diaryl/α,β-unsaturated/α-hetero) is 1. The summed E-state index contributed by atoms with van der Waals surface area (Å²) in [4.78, 5) is 49.8. The van der Waals surface area contributed by atoms with Crippen molar-refractivity contribution in [2.24, 2.45) is 0 Å². The van der Waals surface area contributed by atoms with E-state index < -0.39 is 53.9 Å². The van der Waals surface area contributed by atoms with E-state index in [9.17, 15) is 37.5 Å². The monoisotopic (exact) mass is 489 g/mol. The second-order valence-electron chi connectivity index (χ2n) is 8.00. The summed E-state index contributed by atoms with van der Waals surface area (Å²) in [6.45, 7) is 1.48. The van der Waals surface area contributed by atoms with Gasteiger partial charge in [0, 0.05) is 18.8 Å². The summed E-state index contributed by atoms with van der Waals surface area (Å²) >= 11 is 0. The number of amides is 3. The maximum atomic E-state index is 13.5. The summed E-state index contributed by atoms with van der Waals surface area (Å²) < 4.78 is 40.4. The van der Waals surface area contributed by atoms with Crippen molar-refractivity contribution in [2.75, 3.05) is 7.05 Å². The second kappa shape index (κ2) is 10.00. The maximum Gasteiger partial charge on any atom is 0.417 e. The molecule has 2 unspecified atom stereocenters. The molecule has 3 amide bonds. The lowest BCUT2D eigenvalue weighted by molar-refractivity contribution is -0.138. The average molecular weight is 489 g/mol. The van der Waals surface area contributed by atoms with Crippen molar-refractivity contribution < 1.29 is 37.5 Å². The highest BCUT2D eigenvalue weighted by Gasteiger charge is 2.36. The molecule has 3 N–H and O–H groups in total. The summed E-state index contributed by atoms with van der Waals surface area (Å²) in [7, 11) is 1.42. The van der Waals surface area contributed by atoms with E-state index in [-0.39, 0.29) is 22.3 Å². The molecule has 0 bridgehead atoms. The third kappa shape index (κ3) is 5.86. The zero-order valence-electron chi connectivity index (χ0n) is 18.7. The van der Waals surface area contributed by atoms with Gasteiger partial charge in [-0.05, 0) is 35.7 Å². The Kier molecular flexibility index (Phi) is 7.28. The van der Waals surface area contributed by atoms with Crippen molar-refractivity contribution in [3.63, 3.8) is 0 Å². The Morgan fingerprint density at radius 2 is 1.80 bits per heavy atom. The highest BCUT2D eigenvalue weighted by Crippen LogP contribution is 2.37. The van der Waals surface area contributed by atoms with Crippen LogP contribution in [0.1, 0.15) is 30.5 Å². The number of hydrogen-bond donors (Lipinski definition) is 3. The fourth-order valence-corrected chi connectivity index (χ4v) is 3.75. The van der Waals surface area contributed by atoms with Crippen LogP contribution < -0.4 is 10.6 Å². The lowest BCUT2D eigenvalue weighted by Gasteiger charge is -2.27. The molecule has 2 aromatic carbocycles. The van der Waals surface area contributed by atoms with E-state index in [2.05, 4.69) is 10.6 Å². The molecular formula is C24H22F3N3O5. The number of aliphatic carboxylic acids is 1. The molecule has 8 nitrogen and oxygen atoms in total. The smallest absolute Gasteiger partial charge is 0.417 e. The van der Waals surface area contributed by atoms with Crippen LogP contribution >= 0.6 is 0 Å². The summed E-state index contributed by atoms with van der Waals surface area (Å²) in [6.07, 6.45) is -3.87. The molecule has 0 aromatic heterocycles. The first-order valence-electron chi connectivity index (χ1n) is 10.4. The summed E-state index contributed by atoms with van der Waals surface area (Å²) in [6, 6.07) is 7.03. The topological polar surface area (TPSA) is 116 Å². The molecule has 2 atom stereocenters. The van der Waals surface area contributed by atoms with Gasteiger partial charge in [0.1, 0.15) is 0 Å². The third-order valence-electron chi connectivity index (χ3n) is 5.42. The number of nitrogens with zero attached hydrogens (tertiary/aromatic N) is 1. The standard InChI is InChI=1S/C24H22F3N3O5/c1-13-12-30(2)22(34)20(21(13)33)29-23(35)28-18(11-19(31)32)15-7-5-6-14(10-15)16-8-3-4-9-17(16)24(25,26)27/h3-10,12,18,20H,11H2,1-2H3,(H,31,32)(H2,28,29,35). The van der Waals surface area contributed by atoms with Gasteiger partial charge in [0.05, 0.1) is 18.0 Å². The Morgan fingerprint density at radius 3 is 2.46 bits per heavy atom. The number of nitrogens with one attached hydrogen (secondary N) is 2. The van der Waals surface area contributed by atoms with E-state index in [0.29, 0.717) is 0 Å². The van der Waals surface area contributed by atoms with Gasteiger partial charge >= 0.3 is 18.2 Å². The lowest BCUT2D eigenvalue weighted by atomic mass is 9.95. The largest absolute Gasteiger partial charge is 0.481 e. The molecule has 0 radical (unpaired) electrons. The fourth-order valence-electron chi connectivity index (χ4n) is 3.75. The Morgan fingerprint density at radius 1 is 1.11 bits per heavy atom. The SMILES string of the molecule is CC1=CN(C)C(=O)C(NC(=O)NC(CC(=O)O)c2cccc(-c3ccccc3C(F)(F)F)c2)C1=O. The first-order valence-corrected chi connectivity index (χ1v) is 10.4. The van der Waals surface area contributed by atoms with Crippen LogP contribution in [-0.4, -0.2) is 46.8 Å². The number of carbonyl (C=O) groups excluding carboxylic acids is 3. The number of urea groups is 1. The zero-order valence-corrected chi connectivity index (χ0v) is 18.7. The predicted molar refractivity (Wildman–Crippen MR) is 119 cm³/mol. The number of carbonyl (C=O) groups is 4. The molecule has 2 aromatic rings. The van der Waals surface area contributed by atoms with Crippen LogP contribution in [-0.2, 0) is 20.6 Å². The van der Waals surface area contributed by atoms with Crippen molar-refractivity contribution in [3.8, 4) is 11.1 Å². The number of likely N-dealkylation sites (N-methyl/N-ethyl adjacent to an activating group) is 1. The predicted octanol–water partition coefficient (Wildman–Crippen LogP) is 3.50. The Bertz CT molecular complexity index is 1210. The molecule has 1 aliphatic heterocycles. The number of rotatable bonds is 6. The number of benzene rings is 2. The van der Waals surface area contributed by atoms with Gasteiger partial charge in [-0.25, -0.2) is 4.79 Å². The summed E-state index contributed by atoms with van der Waals surface area (Å²) in [5, 5.41) is 14.0. The molecule has 0 saturated heterocycles. The van der Waals surface area contributed by atoms with E-state index >= 15 is 0 Å². The minimum atomic E-state index is -4.61. The van der Waals surface area contributed by atoms with Crippen molar-refractivity contribution in [2.45, 2.75) is 31.6 Å². The molecule has 0 fully saturated rings. The fraction of sp³-hybridized carbons (Fsp3) is 0.250. The van der Waals surface area contributed by atoms with Gasteiger partial charge in [0.15, 0.2) is 11.8 Å². The summed E-state index contributed by atoms with van der Waals surface area (Å²) in [5.74, 6) is -2.56. The van der Waals surface area contributed by atoms with Gasteiger partial charge < -0.3 is 20.6 Å². The van der Waals surface area contributed by atoms with Crippen LogP contribution in [0.2, 0.25) is 0 Å². The van der Waals surface area contributed by atoms with Gasteiger partial charge in [-0.15, -0.1) is 0 Å². The molecule has 1 heterocycles. The van der Waals surface area contributed by atoms with E-state index in [0.717, 1.165) is 11.0 Å². The summed E-state index contributed by atoms with van der Waals surface area (Å²) in [5.41, 5.74) is -0.321. The second-order valence-corrected chi connectivity index (χ2v) is 8.00. The molecule has 0 saturated carbocycles. The quantitative estimate of drug-likeness (QED) is 0.538. The molecule has 184 valence electrons. The Hall–Kier alpha value is -4.15. The van der Waals surface area contributed by atoms with Gasteiger partial charge in [0.2, 0.25) is 0 Å². The van der Waals surface area contributed by atoms with Crippen LogP contribution in [0.15, 0.2) is 60.3 Å². The third-order valence-corrected chi connectivity index (χ3v) is 5.42. The molecule has 0 spiro atoms. The van der Waals surface area contributed by atoms with Crippen molar-refractivity contribution in [3.05, 3.63) is 71.4 Å². The van der Waals surface area contributed by atoms with Crippen molar-refractivity contribution in [1.82, 2.24) is 15.5 Å². The molecule has 1 aliphatic rings. The van der Waals surface area contributed by atoms with Crippen LogP contribution in [0.25, 0.3) is 11.1 Å². The number of halogens is 3. The number of alkyl halides is 3. The zero-order chi connectivity index (χ0) is 25.9. The number of hydrogen-bond acceptors (Lipinski definition) is 4. The Labute approximate surface area is 198 Å². The molecule has 0 aliphatic carbocycles. The highest BCUT2D eigenvalue weighted by molar-refractivity contribution is 6.16. The van der Waals surface area contributed by atoms with E-state index in [1.54, 1.807) is 0 Å². The molecular weight excluding hydrogens is 467 g/mol. The van der Waals surface area contributed by atoms with Gasteiger partial charge in [-0.2, -0.15) is 13.2 Å².